The maximum Gasteiger partial charge on any atom is 0.246 e. The van der Waals surface area contributed by atoms with Crippen molar-refractivity contribution in [3.8, 4) is 5.69 Å². The topological polar surface area (TPSA) is 67.2 Å². The molecule has 2 amide bonds. The van der Waals surface area contributed by atoms with Crippen LogP contribution in [0, 0.1) is 11.7 Å². The molecule has 7 heteroatoms. The lowest BCUT2D eigenvalue weighted by Gasteiger charge is -2.30. The average Bonchev–Trinajstić information content (AvgIpc) is 3.33. The number of carbonyl (C=O) groups excluding carboxylic acids is 2. The summed E-state index contributed by atoms with van der Waals surface area (Å²) in [5.74, 6) is -0.860. The predicted octanol–water partition coefficient (Wildman–Crippen LogP) is 3.90. The number of rotatable bonds is 5. The highest BCUT2D eigenvalue weighted by atomic mass is 19.1. The number of piperidine rings is 1. The zero-order chi connectivity index (χ0) is 21.6. The van der Waals surface area contributed by atoms with Gasteiger partial charge in [-0.3, -0.25) is 9.59 Å². The van der Waals surface area contributed by atoms with E-state index in [1.165, 1.54) is 12.4 Å². The molecule has 1 fully saturated rings. The smallest absolute Gasteiger partial charge is 0.246 e. The molecule has 0 aliphatic carbocycles. The molecule has 0 spiro atoms. The van der Waals surface area contributed by atoms with E-state index in [9.17, 15) is 14.0 Å². The Kier molecular flexibility index (Phi) is 6.21. The summed E-state index contributed by atoms with van der Waals surface area (Å²) in [6.07, 6.45) is 9.26. The summed E-state index contributed by atoms with van der Waals surface area (Å²) in [6.45, 7) is 1.04. The number of aromatic nitrogens is 2. The molecule has 0 bridgehead atoms. The van der Waals surface area contributed by atoms with Gasteiger partial charge in [-0.05, 0) is 42.7 Å². The summed E-state index contributed by atoms with van der Waals surface area (Å²) in [4.78, 5) is 30.7. The summed E-state index contributed by atoms with van der Waals surface area (Å²) in [5.41, 5.74) is 1.75. The van der Waals surface area contributed by atoms with Gasteiger partial charge in [0.05, 0.1) is 12.0 Å². The molecule has 1 aromatic heterocycles. The van der Waals surface area contributed by atoms with E-state index < -0.39 is 5.82 Å². The number of benzene rings is 2. The first-order chi connectivity index (χ1) is 15.1. The molecule has 4 rings (SSSR count). The Balaban J connectivity index is 1.30. The van der Waals surface area contributed by atoms with Gasteiger partial charge in [-0.1, -0.05) is 30.3 Å². The van der Waals surface area contributed by atoms with E-state index in [1.54, 1.807) is 46.1 Å². The molecule has 1 saturated heterocycles. The van der Waals surface area contributed by atoms with E-state index in [1.807, 2.05) is 30.3 Å². The van der Waals surface area contributed by atoms with E-state index in [2.05, 4.69) is 10.3 Å². The fourth-order valence-corrected chi connectivity index (χ4v) is 3.64. The Labute approximate surface area is 180 Å². The van der Waals surface area contributed by atoms with Gasteiger partial charge in [-0.25, -0.2) is 9.37 Å². The lowest BCUT2D eigenvalue weighted by molar-refractivity contribution is -0.130. The van der Waals surface area contributed by atoms with Crippen LogP contribution in [0.1, 0.15) is 18.4 Å². The highest BCUT2D eigenvalue weighted by Gasteiger charge is 2.26. The number of likely N-dealkylation sites (tertiary alicyclic amines) is 1. The van der Waals surface area contributed by atoms with Crippen LogP contribution in [-0.4, -0.2) is 39.4 Å². The molecule has 0 atom stereocenters. The van der Waals surface area contributed by atoms with Gasteiger partial charge in [-0.2, -0.15) is 0 Å². The second-order valence-electron chi connectivity index (χ2n) is 7.47. The number of hydrogen-bond donors (Lipinski definition) is 1. The molecule has 3 aromatic rings. The first-order valence-electron chi connectivity index (χ1n) is 10.2. The van der Waals surface area contributed by atoms with Crippen molar-refractivity contribution < 1.29 is 14.0 Å². The highest BCUT2D eigenvalue weighted by molar-refractivity contribution is 5.94. The number of nitrogens with zero attached hydrogens (tertiary/aromatic N) is 3. The van der Waals surface area contributed by atoms with Gasteiger partial charge >= 0.3 is 0 Å². The zero-order valence-corrected chi connectivity index (χ0v) is 16.9. The zero-order valence-electron chi connectivity index (χ0n) is 16.9. The average molecular weight is 418 g/mol. The highest BCUT2D eigenvalue weighted by Crippen LogP contribution is 2.22. The molecule has 0 radical (unpaired) electrons. The molecule has 1 aliphatic heterocycles. The summed E-state index contributed by atoms with van der Waals surface area (Å²) < 4.78 is 16.0. The van der Waals surface area contributed by atoms with Crippen LogP contribution in [0.2, 0.25) is 0 Å². The number of carbonyl (C=O) groups is 2. The number of anilines is 1. The fraction of sp³-hybridized carbons (Fsp3) is 0.208. The summed E-state index contributed by atoms with van der Waals surface area (Å²) in [7, 11) is 0. The second kappa shape index (κ2) is 9.38. The first kappa shape index (κ1) is 20.5. The van der Waals surface area contributed by atoms with Gasteiger partial charge in [0, 0.05) is 43.2 Å². The molecule has 2 heterocycles. The van der Waals surface area contributed by atoms with Crippen molar-refractivity contribution in [2.24, 2.45) is 5.92 Å². The molecular formula is C24H23FN4O2. The van der Waals surface area contributed by atoms with Crippen molar-refractivity contribution in [1.82, 2.24) is 14.5 Å². The molecule has 1 N–H and O–H groups in total. The number of hydrogen-bond acceptors (Lipinski definition) is 3. The molecule has 1 aliphatic rings. The van der Waals surface area contributed by atoms with Crippen molar-refractivity contribution >= 4 is 23.6 Å². The molecule has 158 valence electrons. The van der Waals surface area contributed by atoms with Crippen LogP contribution in [-0.2, 0) is 9.59 Å². The van der Waals surface area contributed by atoms with Crippen LogP contribution in [0.4, 0.5) is 10.1 Å². The molecular weight excluding hydrogens is 395 g/mol. The van der Waals surface area contributed by atoms with E-state index >= 15 is 0 Å². The lowest BCUT2D eigenvalue weighted by atomic mass is 9.95. The van der Waals surface area contributed by atoms with E-state index in [4.69, 9.17) is 0 Å². The van der Waals surface area contributed by atoms with Crippen molar-refractivity contribution in [1.29, 1.82) is 0 Å². The van der Waals surface area contributed by atoms with Gasteiger partial charge < -0.3 is 14.8 Å². The molecule has 0 unspecified atom stereocenters. The van der Waals surface area contributed by atoms with E-state index in [-0.39, 0.29) is 17.7 Å². The second-order valence-corrected chi connectivity index (χ2v) is 7.47. The van der Waals surface area contributed by atoms with Gasteiger partial charge in [0.15, 0.2) is 0 Å². The van der Waals surface area contributed by atoms with Crippen LogP contribution in [0.5, 0.6) is 0 Å². The number of imidazole rings is 1. The third-order valence-electron chi connectivity index (χ3n) is 5.39. The maximum absolute atomic E-state index is 14.4. The third kappa shape index (κ3) is 5.06. The minimum absolute atomic E-state index is 0.0557. The Hall–Kier alpha value is -3.74. The van der Waals surface area contributed by atoms with Gasteiger partial charge in [0.25, 0.3) is 0 Å². The first-order valence-corrected chi connectivity index (χ1v) is 10.2. The predicted molar refractivity (Wildman–Crippen MR) is 117 cm³/mol. The molecule has 6 nitrogen and oxygen atoms in total. The third-order valence-corrected chi connectivity index (χ3v) is 5.39. The van der Waals surface area contributed by atoms with E-state index in [0.29, 0.717) is 37.3 Å². The minimum Gasteiger partial charge on any atom is -0.339 e. The van der Waals surface area contributed by atoms with Crippen molar-refractivity contribution in [3.05, 3.63) is 84.7 Å². The largest absolute Gasteiger partial charge is 0.339 e. The Morgan fingerprint density at radius 1 is 1.10 bits per heavy atom. The van der Waals surface area contributed by atoms with Gasteiger partial charge in [0.1, 0.15) is 5.82 Å². The van der Waals surface area contributed by atoms with Gasteiger partial charge in [-0.15, -0.1) is 0 Å². The summed E-state index contributed by atoms with van der Waals surface area (Å²) in [6, 6.07) is 14.2. The van der Waals surface area contributed by atoms with Crippen molar-refractivity contribution in [2.75, 3.05) is 18.4 Å². The van der Waals surface area contributed by atoms with Crippen LogP contribution < -0.4 is 5.32 Å². The molecule has 31 heavy (non-hydrogen) atoms. The van der Waals surface area contributed by atoms with E-state index in [0.717, 1.165) is 5.56 Å². The molecule has 2 aromatic carbocycles. The number of nitrogens with one attached hydrogen (secondary N) is 1. The fourth-order valence-electron chi connectivity index (χ4n) is 3.64. The Bertz CT molecular complexity index is 1070. The van der Waals surface area contributed by atoms with Crippen LogP contribution in [0.25, 0.3) is 11.8 Å². The van der Waals surface area contributed by atoms with Crippen LogP contribution in [0.3, 0.4) is 0 Å². The Morgan fingerprint density at radius 2 is 1.87 bits per heavy atom. The lowest BCUT2D eigenvalue weighted by Crippen LogP contribution is -2.40. The monoisotopic (exact) mass is 418 g/mol. The normalized spacial score (nSPS) is 14.7. The summed E-state index contributed by atoms with van der Waals surface area (Å²) in [5, 5.41) is 2.79. The van der Waals surface area contributed by atoms with Crippen LogP contribution >= 0.6 is 0 Å². The number of amides is 2. The van der Waals surface area contributed by atoms with Crippen molar-refractivity contribution in [2.45, 2.75) is 12.8 Å². The quantitative estimate of drug-likeness (QED) is 0.639. The van der Waals surface area contributed by atoms with Crippen molar-refractivity contribution in [3.63, 3.8) is 0 Å². The number of halogens is 1. The SMILES string of the molecule is O=C(Nc1ccc(-n2ccnc2)c(F)c1)C1CCN(C(=O)C=Cc2ccccc2)CC1. The maximum atomic E-state index is 14.4. The Morgan fingerprint density at radius 3 is 2.55 bits per heavy atom. The minimum atomic E-state index is -0.443. The van der Waals surface area contributed by atoms with Crippen LogP contribution in [0.15, 0.2) is 73.3 Å². The summed E-state index contributed by atoms with van der Waals surface area (Å²) >= 11 is 0. The standard InChI is InChI=1S/C24H23FN4O2/c25-21-16-20(7-8-22(21)29-15-12-26-17-29)27-24(31)19-10-13-28(14-11-19)23(30)9-6-18-4-2-1-3-5-18/h1-9,12,15-17,19H,10-11,13-14H2,(H,27,31). The van der Waals surface area contributed by atoms with Gasteiger partial charge in [0.2, 0.25) is 11.8 Å². The molecule has 0 saturated carbocycles.